The molecular formula is C14H23N5O. The Kier molecular flexibility index (Phi) is 3.91. The Morgan fingerprint density at radius 3 is 3.10 bits per heavy atom. The molecule has 2 N–H and O–H groups in total. The summed E-state index contributed by atoms with van der Waals surface area (Å²) in [6, 6.07) is 0.711. The molecule has 2 aliphatic rings. The number of aryl methyl sites for hydroxylation is 1. The standard InChI is InChI=1S/C14H23N5O/c1-2-19-10-11(9-15-19)16-14(20)17-12-6-8-18-7-4-3-5-13(12)18/h9-10,12-13H,2-8H2,1H3,(H2,16,17,20)/t12-,13+/m1/s1. The molecular weight excluding hydrogens is 254 g/mol. The van der Waals surface area contributed by atoms with Gasteiger partial charge in [0, 0.05) is 31.4 Å². The van der Waals surface area contributed by atoms with Gasteiger partial charge in [-0.1, -0.05) is 6.42 Å². The van der Waals surface area contributed by atoms with Gasteiger partial charge in [-0.25, -0.2) is 4.79 Å². The Hall–Kier alpha value is -1.56. The molecule has 3 rings (SSSR count). The molecule has 6 nitrogen and oxygen atoms in total. The molecule has 2 aliphatic heterocycles. The van der Waals surface area contributed by atoms with Gasteiger partial charge in [0.2, 0.25) is 0 Å². The number of hydrogen-bond acceptors (Lipinski definition) is 3. The van der Waals surface area contributed by atoms with Crippen molar-refractivity contribution in [3.63, 3.8) is 0 Å². The molecule has 0 aromatic carbocycles. The van der Waals surface area contributed by atoms with Crippen LogP contribution in [-0.4, -0.2) is 45.9 Å². The highest BCUT2D eigenvalue weighted by Crippen LogP contribution is 2.27. The van der Waals surface area contributed by atoms with Crippen molar-refractivity contribution in [2.45, 2.75) is 51.2 Å². The lowest BCUT2D eigenvalue weighted by atomic mass is 9.99. The van der Waals surface area contributed by atoms with E-state index in [1.54, 1.807) is 10.9 Å². The minimum absolute atomic E-state index is 0.113. The van der Waals surface area contributed by atoms with Gasteiger partial charge in [-0.3, -0.25) is 9.58 Å². The van der Waals surface area contributed by atoms with Gasteiger partial charge in [0.15, 0.2) is 0 Å². The van der Waals surface area contributed by atoms with E-state index in [9.17, 15) is 4.79 Å². The van der Waals surface area contributed by atoms with Crippen molar-refractivity contribution in [2.24, 2.45) is 0 Å². The van der Waals surface area contributed by atoms with Gasteiger partial charge < -0.3 is 10.6 Å². The normalized spacial score (nSPS) is 26.2. The molecule has 1 aromatic rings. The number of carbonyl (C=O) groups is 1. The first-order chi connectivity index (χ1) is 9.76. The lowest BCUT2D eigenvalue weighted by molar-refractivity contribution is 0.180. The van der Waals surface area contributed by atoms with E-state index in [1.165, 1.54) is 25.8 Å². The van der Waals surface area contributed by atoms with Crippen LogP contribution >= 0.6 is 0 Å². The first-order valence-corrected chi connectivity index (χ1v) is 7.60. The zero-order chi connectivity index (χ0) is 13.9. The second kappa shape index (κ2) is 5.83. The van der Waals surface area contributed by atoms with Crippen LogP contribution in [0.3, 0.4) is 0 Å². The van der Waals surface area contributed by atoms with Crippen molar-refractivity contribution in [1.82, 2.24) is 20.0 Å². The topological polar surface area (TPSA) is 62.2 Å². The molecule has 0 spiro atoms. The van der Waals surface area contributed by atoms with Crippen molar-refractivity contribution < 1.29 is 4.79 Å². The number of urea groups is 1. The molecule has 0 unspecified atom stereocenters. The summed E-state index contributed by atoms with van der Waals surface area (Å²) in [6.07, 6.45) is 8.38. The maximum atomic E-state index is 12.1. The zero-order valence-corrected chi connectivity index (χ0v) is 12.0. The second-order valence-corrected chi connectivity index (χ2v) is 5.68. The van der Waals surface area contributed by atoms with E-state index in [-0.39, 0.29) is 12.1 Å². The summed E-state index contributed by atoms with van der Waals surface area (Å²) in [7, 11) is 0. The monoisotopic (exact) mass is 277 g/mol. The SMILES string of the molecule is CCn1cc(NC(=O)N[C@@H]2CCN3CCCC[C@@H]23)cn1. The lowest BCUT2D eigenvalue weighted by Gasteiger charge is -2.32. The first kappa shape index (κ1) is 13.4. The van der Waals surface area contributed by atoms with Gasteiger partial charge in [-0.2, -0.15) is 5.10 Å². The number of carbonyl (C=O) groups excluding carboxylic acids is 1. The highest BCUT2D eigenvalue weighted by Gasteiger charge is 2.36. The van der Waals surface area contributed by atoms with Crippen molar-refractivity contribution >= 4 is 11.7 Å². The van der Waals surface area contributed by atoms with Gasteiger partial charge in [0.25, 0.3) is 0 Å². The summed E-state index contributed by atoms with van der Waals surface area (Å²) in [6.45, 7) is 5.13. The number of rotatable bonds is 3. The number of fused-ring (bicyclic) bond motifs is 1. The average Bonchev–Trinajstić information content (AvgIpc) is 3.06. The average molecular weight is 277 g/mol. The van der Waals surface area contributed by atoms with Crippen LogP contribution in [0.1, 0.15) is 32.6 Å². The van der Waals surface area contributed by atoms with E-state index < -0.39 is 0 Å². The number of nitrogens with zero attached hydrogens (tertiary/aromatic N) is 3. The van der Waals surface area contributed by atoms with Crippen LogP contribution in [0.5, 0.6) is 0 Å². The molecule has 0 aliphatic carbocycles. The summed E-state index contributed by atoms with van der Waals surface area (Å²) in [5, 5.41) is 10.1. The molecule has 2 atom stereocenters. The molecule has 110 valence electrons. The third kappa shape index (κ3) is 2.80. The van der Waals surface area contributed by atoms with Crippen LogP contribution in [0.4, 0.5) is 10.5 Å². The maximum Gasteiger partial charge on any atom is 0.319 e. The first-order valence-electron chi connectivity index (χ1n) is 7.60. The molecule has 6 heteroatoms. The van der Waals surface area contributed by atoms with Crippen LogP contribution in [0.25, 0.3) is 0 Å². The van der Waals surface area contributed by atoms with E-state index in [0.717, 1.165) is 25.2 Å². The molecule has 3 heterocycles. The molecule has 1 aromatic heterocycles. The van der Waals surface area contributed by atoms with Crippen LogP contribution < -0.4 is 10.6 Å². The van der Waals surface area contributed by atoms with Crippen molar-refractivity contribution in [1.29, 1.82) is 0 Å². The fourth-order valence-corrected chi connectivity index (χ4v) is 3.35. The number of piperidine rings is 1. The van der Waals surface area contributed by atoms with Crippen LogP contribution in [0, 0.1) is 0 Å². The Bertz CT molecular complexity index is 472. The van der Waals surface area contributed by atoms with Gasteiger partial charge in [-0.05, 0) is 32.7 Å². The number of amides is 2. The Labute approximate surface area is 119 Å². The summed E-state index contributed by atoms with van der Waals surface area (Å²) in [4.78, 5) is 14.6. The van der Waals surface area contributed by atoms with E-state index in [0.29, 0.717) is 6.04 Å². The molecule has 0 radical (unpaired) electrons. The fraction of sp³-hybridized carbons (Fsp3) is 0.714. The zero-order valence-electron chi connectivity index (χ0n) is 12.0. The third-order valence-corrected chi connectivity index (χ3v) is 4.39. The lowest BCUT2D eigenvalue weighted by Crippen LogP contribution is -2.47. The van der Waals surface area contributed by atoms with Crippen LogP contribution in [0.2, 0.25) is 0 Å². The van der Waals surface area contributed by atoms with Crippen molar-refractivity contribution in [2.75, 3.05) is 18.4 Å². The number of aromatic nitrogens is 2. The minimum Gasteiger partial charge on any atom is -0.334 e. The molecule has 2 fully saturated rings. The molecule has 0 saturated carbocycles. The summed E-state index contributed by atoms with van der Waals surface area (Å²) in [5.41, 5.74) is 0.753. The summed E-state index contributed by atoms with van der Waals surface area (Å²) < 4.78 is 1.80. The Morgan fingerprint density at radius 2 is 2.30 bits per heavy atom. The molecule has 0 bridgehead atoms. The van der Waals surface area contributed by atoms with Gasteiger partial charge >= 0.3 is 6.03 Å². The largest absolute Gasteiger partial charge is 0.334 e. The molecule has 2 saturated heterocycles. The smallest absolute Gasteiger partial charge is 0.319 e. The van der Waals surface area contributed by atoms with Crippen molar-refractivity contribution in [3.05, 3.63) is 12.4 Å². The van der Waals surface area contributed by atoms with Crippen LogP contribution in [0.15, 0.2) is 12.4 Å². The quantitative estimate of drug-likeness (QED) is 0.883. The summed E-state index contributed by atoms with van der Waals surface area (Å²) >= 11 is 0. The predicted molar refractivity (Wildman–Crippen MR) is 77.7 cm³/mol. The van der Waals surface area contributed by atoms with Gasteiger partial charge in [0.1, 0.15) is 0 Å². The van der Waals surface area contributed by atoms with Gasteiger partial charge in [0.05, 0.1) is 11.9 Å². The molecule has 20 heavy (non-hydrogen) atoms. The minimum atomic E-state index is -0.113. The number of hydrogen-bond donors (Lipinski definition) is 2. The summed E-state index contributed by atoms with van der Waals surface area (Å²) in [5.74, 6) is 0. The van der Waals surface area contributed by atoms with Gasteiger partial charge in [-0.15, -0.1) is 0 Å². The number of nitrogens with one attached hydrogen (secondary N) is 2. The Balaban J connectivity index is 1.53. The Morgan fingerprint density at radius 1 is 1.40 bits per heavy atom. The number of anilines is 1. The second-order valence-electron chi connectivity index (χ2n) is 5.68. The highest BCUT2D eigenvalue weighted by molar-refractivity contribution is 5.89. The third-order valence-electron chi connectivity index (χ3n) is 4.39. The van der Waals surface area contributed by atoms with Crippen molar-refractivity contribution in [3.8, 4) is 0 Å². The fourth-order valence-electron chi connectivity index (χ4n) is 3.35. The van der Waals surface area contributed by atoms with E-state index in [4.69, 9.17) is 0 Å². The van der Waals surface area contributed by atoms with E-state index in [1.807, 2.05) is 13.1 Å². The predicted octanol–water partition coefficient (Wildman–Crippen LogP) is 1.65. The maximum absolute atomic E-state index is 12.1. The van der Waals surface area contributed by atoms with E-state index >= 15 is 0 Å². The molecule has 2 amide bonds. The van der Waals surface area contributed by atoms with E-state index in [2.05, 4.69) is 20.6 Å². The highest BCUT2D eigenvalue weighted by atomic mass is 16.2. The van der Waals surface area contributed by atoms with Crippen LogP contribution in [-0.2, 0) is 6.54 Å².